The molecule has 3 heterocycles. The number of rotatable bonds is 6. The van der Waals surface area contributed by atoms with Crippen molar-refractivity contribution in [1.29, 1.82) is 0 Å². The first-order valence-corrected chi connectivity index (χ1v) is 14.2. The van der Waals surface area contributed by atoms with Crippen molar-refractivity contribution in [1.82, 2.24) is 19.7 Å². The summed E-state index contributed by atoms with van der Waals surface area (Å²) in [4.78, 5) is 31.5. The van der Waals surface area contributed by atoms with Gasteiger partial charge in [-0.1, -0.05) is 33.4 Å². The van der Waals surface area contributed by atoms with Crippen LogP contribution in [0.1, 0.15) is 27.0 Å². The van der Waals surface area contributed by atoms with Gasteiger partial charge in [-0.2, -0.15) is 11.8 Å². The zero-order valence-electron chi connectivity index (χ0n) is 21.1. The number of morpholine rings is 1. The van der Waals surface area contributed by atoms with Gasteiger partial charge in [0.05, 0.1) is 18.8 Å². The van der Waals surface area contributed by atoms with Gasteiger partial charge >= 0.3 is 6.03 Å². The highest BCUT2D eigenvalue weighted by atomic mass is 35.5. The average molecular weight is 543 g/mol. The number of fused-ring (bicyclic) bond motifs is 1. The van der Waals surface area contributed by atoms with E-state index in [0.29, 0.717) is 29.4 Å². The molecule has 0 aliphatic carbocycles. The van der Waals surface area contributed by atoms with E-state index in [9.17, 15) is 9.59 Å². The molecule has 3 aliphatic heterocycles. The Labute approximate surface area is 227 Å². The van der Waals surface area contributed by atoms with Gasteiger partial charge in [0.2, 0.25) is 5.78 Å². The zero-order chi connectivity index (χ0) is 25.8. The molecule has 1 unspecified atom stereocenters. The molecule has 2 fully saturated rings. The van der Waals surface area contributed by atoms with E-state index in [-0.39, 0.29) is 16.4 Å². The van der Waals surface area contributed by atoms with Crippen LogP contribution >= 0.6 is 23.4 Å². The van der Waals surface area contributed by atoms with E-state index >= 15 is 0 Å². The largest absolute Gasteiger partial charge is 0.448 e. The minimum Gasteiger partial charge on any atom is -0.379 e. The van der Waals surface area contributed by atoms with Gasteiger partial charge in [-0.3, -0.25) is 19.9 Å². The van der Waals surface area contributed by atoms with Crippen molar-refractivity contribution < 1.29 is 14.3 Å². The van der Waals surface area contributed by atoms with Crippen LogP contribution in [-0.4, -0.2) is 85.8 Å². The minimum absolute atomic E-state index is 0.157. The number of carbonyl (C=O) groups excluding carboxylic acids is 2. The lowest BCUT2D eigenvalue weighted by atomic mass is 9.96. The third kappa shape index (κ3) is 6.08. The molecule has 2 saturated heterocycles. The van der Waals surface area contributed by atoms with Crippen LogP contribution in [0.5, 0.6) is 0 Å². The zero-order valence-corrected chi connectivity index (χ0v) is 22.7. The summed E-state index contributed by atoms with van der Waals surface area (Å²) in [6.07, 6.45) is 1.30. The summed E-state index contributed by atoms with van der Waals surface area (Å²) in [5, 5.41) is 8.16. The maximum atomic E-state index is 13.6. The van der Waals surface area contributed by atoms with Crippen molar-refractivity contribution >= 4 is 47.1 Å². The van der Waals surface area contributed by atoms with Crippen molar-refractivity contribution in [2.75, 3.05) is 57.9 Å². The molecular weight excluding hydrogens is 510 g/mol. The molecule has 0 radical (unpaired) electrons. The van der Waals surface area contributed by atoms with Crippen LogP contribution in [0.2, 0.25) is 5.02 Å². The Bertz CT molecular complexity index is 1180. The number of benzene rings is 2. The van der Waals surface area contributed by atoms with E-state index < -0.39 is 0 Å². The lowest BCUT2D eigenvalue weighted by molar-refractivity contribution is 0.0341. The number of ketones is 1. The number of quaternary nitrogens is 1. The number of halogens is 1. The fourth-order valence-electron chi connectivity index (χ4n) is 5.08. The lowest BCUT2D eigenvalue weighted by Crippen LogP contribution is -2.54. The second-order valence-electron chi connectivity index (χ2n) is 9.78. The number of thioether (sulfide) groups is 1. The number of hydrogen-bond donors (Lipinski definition) is 1. The number of carbonyl (C=O) groups is 2. The Kier molecular flexibility index (Phi) is 8.28. The van der Waals surface area contributed by atoms with Crippen LogP contribution in [0.3, 0.4) is 0 Å². The summed E-state index contributed by atoms with van der Waals surface area (Å²) in [7, 11) is 1.76. The summed E-state index contributed by atoms with van der Waals surface area (Å²) in [5.74, 6) is 2.01. The Balaban J connectivity index is 1.47. The van der Waals surface area contributed by atoms with Crippen molar-refractivity contribution in [3.8, 4) is 0 Å². The first-order chi connectivity index (χ1) is 17.9. The minimum atomic E-state index is -0.343. The van der Waals surface area contributed by atoms with Gasteiger partial charge in [-0.15, -0.1) is 0 Å². The number of nitrogens with one attached hydrogen (secondary N) is 1. The van der Waals surface area contributed by atoms with Crippen molar-refractivity contribution in [3.63, 3.8) is 0 Å². The first-order valence-electron chi connectivity index (χ1n) is 12.7. The molecule has 0 saturated carbocycles. The number of hydrogen-bond acceptors (Lipinski definition) is 7. The molecule has 10 heteroatoms. The van der Waals surface area contributed by atoms with Crippen LogP contribution in [0.25, 0.3) is 0 Å². The summed E-state index contributed by atoms with van der Waals surface area (Å²) in [6.45, 7) is 6.91. The molecule has 2 amide bonds. The summed E-state index contributed by atoms with van der Waals surface area (Å²) in [6, 6.07) is 11.2. The maximum Gasteiger partial charge on any atom is 0.448 e. The Morgan fingerprint density at radius 2 is 1.76 bits per heavy atom. The van der Waals surface area contributed by atoms with Crippen LogP contribution < -0.4 is 9.91 Å². The molecule has 196 valence electrons. The molecule has 8 nitrogen and oxygen atoms in total. The topological polar surface area (TPSA) is 74.2 Å². The molecule has 0 aromatic heterocycles. The normalized spacial score (nSPS) is 22.6. The van der Waals surface area contributed by atoms with Gasteiger partial charge in [-0.25, -0.2) is 4.79 Å². The molecular formula is C27H33ClN5O3S+. The SMILES string of the molecule is C[N+]1(C(=O)NCc2ccc(Cl)cc2)N=CC(=O)c2cc(CN3CCOCC3)cc(CN3CCSCC3)c21. The van der Waals surface area contributed by atoms with E-state index in [0.717, 1.165) is 74.1 Å². The van der Waals surface area contributed by atoms with Crippen LogP contribution in [-0.2, 0) is 24.4 Å². The lowest BCUT2D eigenvalue weighted by Gasteiger charge is -2.33. The fourth-order valence-corrected chi connectivity index (χ4v) is 6.18. The number of ether oxygens (including phenoxy) is 1. The van der Waals surface area contributed by atoms with E-state index in [2.05, 4.69) is 26.3 Å². The van der Waals surface area contributed by atoms with Crippen molar-refractivity contribution in [2.45, 2.75) is 19.6 Å². The summed E-state index contributed by atoms with van der Waals surface area (Å²) < 4.78 is 5.17. The van der Waals surface area contributed by atoms with Gasteiger partial charge < -0.3 is 4.74 Å². The average Bonchev–Trinajstić information content (AvgIpc) is 2.91. The maximum absolute atomic E-state index is 13.6. The smallest absolute Gasteiger partial charge is 0.379 e. The predicted molar refractivity (Wildman–Crippen MR) is 149 cm³/mol. The second kappa shape index (κ2) is 11.6. The standard InChI is InChI=1S/C27H32ClN5O3S/c1-33(27(35)29-16-20-2-4-23(28)5-3-20)26-22(19-32-8-12-37-13-9-32)14-21(15-24(26)25(34)17-30-33)18-31-6-10-36-11-7-31/h2-5,14-15,17H,6-13,16,18-19H2,1H3/p+1. The van der Waals surface area contributed by atoms with E-state index in [1.54, 1.807) is 19.2 Å². The molecule has 1 atom stereocenters. The Morgan fingerprint density at radius 3 is 2.49 bits per heavy atom. The van der Waals surface area contributed by atoms with E-state index in [1.807, 2.05) is 30.0 Å². The monoisotopic (exact) mass is 542 g/mol. The van der Waals surface area contributed by atoms with Crippen LogP contribution in [0.15, 0.2) is 41.5 Å². The number of urea groups is 1. The first kappa shape index (κ1) is 26.3. The van der Waals surface area contributed by atoms with Gasteiger partial charge in [0.1, 0.15) is 13.3 Å². The molecule has 0 bridgehead atoms. The van der Waals surface area contributed by atoms with Crippen LogP contribution in [0, 0.1) is 0 Å². The van der Waals surface area contributed by atoms with Crippen molar-refractivity contribution in [2.24, 2.45) is 5.10 Å². The highest BCUT2D eigenvalue weighted by molar-refractivity contribution is 7.99. The summed E-state index contributed by atoms with van der Waals surface area (Å²) in [5.41, 5.74) is 4.24. The highest BCUT2D eigenvalue weighted by Crippen LogP contribution is 2.37. The molecule has 2 aromatic carbocycles. The quantitative estimate of drug-likeness (QED) is 0.560. The van der Waals surface area contributed by atoms with E-state index in [4.69, 9.17) is 16.3 Å². The molecule has 3 aliphatic rings. The number of nitrogens with zero attached hydrogens (tertiary/aromatic N) is 4. The molecule has 0 spiro atoms. The number of Topliss-reactive ketones (excluding diaryl/α,β-unsaturated/α-hetero) is 1. The summed E-state index contributed by atoms with van der Waals surface area (Å²) >= 11 is 7.96. The fraction of sp³-hybridized carbons (Fsp3) is 0.444. The van der Waals surface area contributed by atoms with Gasteiger partial charge in [0.15, 0.2) is 5.69 Å². The molecule has 2 aromatic rings. The van der Waals surface area contributed by atoms with Crippen LogP contribution in [0.4, 0.5) is 10.5 Å². The third-order valence-corrected chi connectivity index (χ3v) is 8.31. The number of amides is 2. The highest BCUT2D eigenvalue weighted by Gasteiger charge is 2.44. The Morgan fingerprint density at radius 1 is 1.05 bits per heavy atom. The second-order valence-corrected chi connectivity index (χ2v) is 11.4. The van der Waals surface area contributed by atoms with E-state index in [1.165, 1.54) is 6.21 Å². The molecule has 1 N–H and O–H groups in total. The predicted octanol–water partition coefficient (Wildman–Crippen LogP) is 3.75. The molecule has 37 heavy (non-hydrogen) atoms. The van der Waals surface area contributed by atoms with Gasteiger partial charge in [-0.05, 0) is 35.4 Å². The van der Waals surface area contributed by atoms with Crippen molar-refractivity contribution in [3.05, 3.63) is 63.7 Å². The third-order valence-electron chi connectivity index (χ3n) is 7.12. The van der Waals surface area contributed by atoms with Gasteiger partial charge in [0.25, 0.3) is 0 Å². The molecule has 5 rings (SSSR count). The van der Waals surface area contributed by atoms with Gasteiger partial charge in [0, 0.05) is 67.9 Å². The Hall–Kier alpha value is -2.27.